The van der Waals surface area contributed by atoms with Crippen molar-refractivity contribution in [1.29, 1.82) is 0 Å². The fourth-order valence-electron chi connectivity index (χ4n) is 2.73. The number of rotatable bonds is 6. The SMILES string of the molecule is C[C@H](NC(=O)CCc1cccc(Cl)c1)C(=O)NC1CCCC1. The van der Waals surface area contributed by atoms with Gasteiger partial charge in [-0.15, -0.1) is 0 Å². The van der Waals surface area contributed by atoms with Crippen molar-refractivity contribution in [3.63, 3.8) is 0 Å². The highest BCUT2D eigenvalue weighted by Crippen LogP contribution is 2.17. The molecule has 1 saturated carbocycles. The van der Waals surface area contributed by atoms with E-state index in [0.29, 0.717) is 17.9 Å². The molecule has 1 atom stereocenters. The summed E-state index contributed by atoms with van der Waals surface area (Å²) in [5, 5.41) is 6.42. The van der Waals surface area contributed by atoms with Crippen LogP contribution in [0.25, 0.3) is 0 Å². The molecule has 2 rings (SSSR count). The molecule has 120 valence electrons. The maximum atomic E-state index is 12.0. The predicted molar refractivity (Wildman–Crippen MR) is 87.8 cm³/mol. The molecule has 0 saturated heterocycles. The van der Waals surface area contributed by atoms with Gasteiger partial charge in [0.2, 0.25) is 11.8 Å². The molecular weight excluding hydrogens is 300 g/mol. The molecule has 0 spiro atoms. The number of benzene rings is 1. The van der Waals surface area contributed by atoms with E-state index in [1.807, 2.05) is 18.2 Å². The summed E-state index contributed by atoms with van der Waals surface area (Å²) in [7, 11) is 0. The first kappa shape index (κ1) is 16.8. The van der Waals surface area contributed by atoms with E-state index in [-0.39, 0.29) is 17.9 Å². The van der Waals surface area contributed by atoms with E-state index in [1.54, 1.807) is 13.0 Å². The van der Waals surface area contributed by atoms with Gasteiger partial charge in [0.1, 0.15) is 6.04 Å². The maximum absolute atomic E-state index is 12.0. The van der Waals surface area contributed by atoms with Crippen molar-refractivity contribution in [2.45, 2.75) is 57.5 Å². The van der Waals surface area contributed by atoms with Crippen molar-refractivity contribution in [1.82, 2.24) is 10.6 Å². The van der Waals surface area contributed by atoms with Gasteiger partial charge in [-0.2, -0.15) is 0 Å². The summed E-state index contributed by atoms with van der Waals surface area (Å²) in [5.74, 6) is -0.211. The fraction of sp³-hybridized carbons (Fsp3) is 0.529. The largest absolute Gasteiger partial charge is 0.352 e. The van der Waals surface area contributed by atoms with E-state index in [9.17, 15) is 9.59 Å². The van der Waals surface area contributed by atoms with Crippen LogP contribution in [0.3, 0.4) is 0 Å². The average Bonchev–Trinajstić information content (AvgIpc) is 2.98. The predicted octanol–water partition coefficient (Wildman–Crippen LogP) is 2.84. The quantitative estimate of drug-likeness (QED) is 0.846. The highest BCUT2D eigenvalue weighted by molar-refractivity contribution is 6.30. The summed E-state index contributed by atoms with van der Waals surface area (Å²) in [6, 6.07) is 7.25. The second-order valence-corrected chi connectivity index (χ2v) is 6.35. The van der Waals surface area contributed by atoms with Gasteiger partial charge in [0.25, 0.3) is 0 Å². The number of aryl methyl sites for hydroxylation is 1. The van der Waals surface area contributed by atoms with Crippen LogP contribution in [-0.2, 0) is 16.0 Å². The van der Waals surface area contributed by atoms with Gasteiger partial charge < -0.3 is 10.6 Å². The topological polar surface area (TPSA) is 58.2 Å². The fourth-order valence-corrected chi connectivity index (χ4v) is 2.94. The monoisotopic (exact) mass is 322 g/mol. The lowest BCUT2D eigenvalue weighted by Gasteiger charge is -2.17. The zero-order valence-corrected chi connectivity index (χ0v) is 13.7. The molecule has 2 amide bonds. The van der Waals surface area contributed by atoms with E-state index >= 15 is 0 Å². The standard InChI is InChI=1S/C17H23ClN2O2/c1-12(17(22)20-15-7-2-3-8-15)19-16(21)10-9-13-5-4-6-14(18)11-13/h4-6,11-12,15H,2-3,7-10H2,1H3,(H,19,21)(H,20,22)/t12-/m0/s1. The Morgan fingerprint density at radius 2 is 2.05 bits per heavy atom. The van der Waals surface area contributed by atoms with Crippen molar-refractivity contribution >= 4 is 23.4 Å². The Kier molecular flexibility index (Phi) is 6.25. The van der Waals surface area contributed by atoms with Gasteiger partial charge in [-0.1, -0.05) is 36.6 Å². The molecule has 0 unspecified atom stereocenters. The highest BCUT2D eigenvalue weighted by atomic mass is 35.5. The summed E-state index contributed by atoms with van der Waals surface area (Å²) in [6.07, 6.45) is 5.39. The third kappa shape index (κ3) is 5.34. The summed E-state index contributed by atoms with van der Waals surface area (Å²) in [4.78, 5) is 23.9. The number of halogens is 1. The van der Waals surface area contributed by atoms with E-state index < -0.39 is 6.04 Å². The Balaban J connectivity index is 1.72. The summed E-state index contributed by atoms with van der Waals surface area (Å²) in [5.41, 5.74) is 1.02. The Morgan fingerprint density at radius 1 is 1.32 bits per heavy atom. The lowest BCUT2D eigenvalue weighted by molar-refractivity contribution is -0.129. The van der Waals surface area contributed by atoms with E-state index in [0.717, 1.165) is 18.4 Å². The lowest BCUT2D eigenvalue weighted by atomic mass is 10.1. The first-order valence-corrected chi connectivity index (χ1v) is 8.26. The average molecular weight is 323 g/mol. The minimum absolute atomic E-state index is 0.0944. The van der Waals surface area contributed by atoms with E-state index in [2.05, 4.69) is 10.6 Å². The lowest BCUT2D eigenvalue weighted by Crippen LogP contribution is -2.47. The van der Waals surface area contributed by atoms with Crippen molar-refractivity contribution in [3.8, 4) is 0 Å². The number of carbonyl (C=O) groups is 2. The molecule has 1 aromatic carbocycles. The summed E-state index contributed by atoms with van der Waals surface area (Å²) < 4.78 is 0. The van der Waals surface area contributed by atoms with Gasteiger partial charge in [-0.3, -0.25) is 9.59 Å². The molecule has 4 nitrogen and oxygen atoms in total. The number of amides is 2. The van der Waals surface area contributed by atoms with Crippen LogP contribution in [0, 0.1) is 0 Å². The second kappa shape index (κ2) is 8.18. The maximum Gasteiger partial charge on any atom is 0.242 e. The molecule has 5 heteroatoms. The highest BCUT2D eigenvalue weighted by Gasteiger charge is 2.21. The molecule has 2 N–H and O–H groups in total. The molecular formula is C17H23ClN2O2. The third-order valence-corrected chi connectivity index (χ3v) is 4.24. The first-order chi connectivity index (χ1) is 10.5. The van der Waals surface area contributed by atoms with Crippen molar-refractivity contribution in [3.05, 3.63) is 34.9 Å². The van der Waals surface area contributed by atoms with Gasteiger partial charge >= 0.3 is 0 Å². The Morgan fingerprint density at radius 3 is 2.73 bits per heavy atom. The second-order valence-electron chi connectivity index (χ2n) is 5.91. The number of hydrogen-bond donors (Lipinski definition) is 2. The van der Waals surface area contributed by atoms with Crippen LogP contribution in [0.5, 0.6) is 0 Å². The van der Waals surface area contributed by atoms with Gasteiger partial charge in [0, 0.05) is 17.5 Å². The first-order valence-electron chi connectivity index (χ1n) is 7.89. The molecule has 0 heterocycles. The molecule has 0 bridgehead atoms. The van der Waals surface area contributed by atoms with Crippen LogP contribution >= 0.6 is 11.6 Å². The number of nitrogens with one attached hydrogen (secondary N) is 2. The minimum Gasteiger partial charge on any atom is -0.352 e. The Hall–Kier alpha value is -1.55. The van der Waals surface area contributed by atoms with Crippen molar-refractivity contribution in [2.24, 2.45) is 0 Å². The molecule has 1 fully saturated rings. The van der Waals surface area contributed by atoms with E-state index in [1.165, 1.54) is 12.8 Å². The molecule has 1 aliphatic carbocycles. The zero-order valence-electron chi connectivity index (χ0n) is 12.9. The van der Waals surface area contributed by atoms with Gasteiger partial charge in [-0.05, 0) is 43.9 Å². The molecule has 0 radical (unpaired) electrons. The molecule has 1 aromatic rings. The third-order valence-electron chi connectivity index (χ3n) is 4.00. The smallest absolute Gasteiger partial charge is 0.242 e. The van der Waals surface area contributed by atoms with Crippen LogP contribution in [0.2, 0.25) is 5.02 Å². The van der Waals surface area contributed by atoms with Crippen LogP contribution in [0.1, 0.15) is 44.6 Å². The van der Waals surface area contributed by atoms with Crippen LogP contribution in [0.4, 0.5) is 0 Å². The van der Waals surface area contributed by atoms with Crippen LogP contribution in [0.15, 0.2) is 24.3 Å². The van der Waals surface area contributed by atoms with Crippen LogP contribution in [-0.4, -0.2) is 23.9 Å². The summed E-state index contributed by atoms with van der Waals surface area (Å²) >= 11 is 5.91. The van der Waals surface area contributed by atoms with Gasteiger partial charge in [-0.25, -0.2) is 0 Å². The number of hydrogen-bond acceptors (Lipinski definition) is 2. The van der Waals surface area contributed by atoms with Gasteiger partial charge in [0.05, 0.1) is 0 Å². The molecule has 0 aromatic heterocycles. The molecule has 22 heavy (non-hydrogen) atoms. The minimum atomic E-state index is -0.493. The van der Waals surface area contributed by atoms with E-state index in [4.69, 9.17) is 11.6 Å². The van der Waals surface area contributed by atoms with Gasteiger partial charge in [0.15, 0.2) is 0 Å². The van der Waals surface area contributed by atoms with Crippen molar-refractivity contribution in [2.75, 3.05) is 0 Å². The van der Waals surface area contributed by atoms with Crippen LogP contribution < -0.4 is 10.6 Å². The Bertz CT molecular complexity index is 527. The number of carbonyl (C=O) groups excluding carboxylic acids is 2. The van der Waals surface area contributed by atoms with Crippen molar-refractivity contribution < 1.29 is 9.59 Å². The Labute approximate surface area is 136 Å². The zero-order chi connectivity index (χ0) is 15.9. The normalized spacial score (nSPS) is 16.3. The summed E-state index contributed by atoms with van der Waals surface area (Å²) in [6.45, 7) is 1.72. The molecule has 1 aliphatic rings. The molecule has 0 aliphatic heterocycles.